The lowest BCUT2D eigenvalue weighted by Crippen LogP contribution is -2.32. The molecule has 3 aromatic carbocycles. The van der Waals surface area contributed by atoms with Crippen LogP contribution in [0.4, 0.5) is 17.1 Å². The molecule has 1 aliphatic rings. The first kappa shape index (κ1) is 25.9. The number of carbonyl (C=O) groups is 4. The highest BCUT2D eigenvalue weighted by Crippen LogP contribution is 2.30. The number of halogens is 2. The highest BCUT2D eigenvalue weighted by Gasteiger charge is 2.39. The van der Waals surface area contributed by atoms with Gasteiger partial charge in [0.15, 0.2) is 0 Å². The number of carbonyl (C=O) groups excluding carboxylic acids is 4. The van der Waals surface area contributed by atoms with Crippen LogP contribution in [0.15, 0.2) is 83.5 Å². The highest BCUT2D eigenvalue weighted by molar-refractivity contribution is 6.53. The van der Waals surface area contributed by atoms with E-state index in [2.05, 4.69) is 10.6 Å². The largest absolute Gasteiger partial charge is 0.462 e. The molecule has 0 bridgehead atoms. The van der Waals surface area contributed by atoms with Crippen LogP contribution < -0.4 is 15.5 Å². The Balaban J connectivity index is 1.44. The second-order valence-electron chi connectivity index (χ2n) is 7.98. The predicted molar refractivity (Wildman–Crippen MR) is 142 cm³/mol. The Morgan fingerprint density at radius 3 is 2.19 bits per heavy atom. The number of benzene rings is 3. The van der Waals surface area contributed by atoms with Crippen LogP contribution in [0.3, 0.4) is 0 Å². The van der Waals surface area contributed by atoms with Crippen molar-refractivity contribution in [3.05, 3.63) is 99.7 Å². The first-order chi connectivity index (χ1) is 17.8. The highest BCUT2D eigenvalue weighted by atomic mass is 35.5. The Labute approximate surface area is 222 Å². The van der Waals surface area contributed by atoms with Gasteiger partial charge in [-0.3, -0.25) is 14.4 Å². The molecule has 3 amide bonds. The lowest BCUT2D eigenvalue weighted by molar-refractivity contribution is -0.120. The first-order valence-electron chi connectivity index (χ1n) is 11.3. The zero-order valence-electron chi connectivity index (χ0n) is 19.6. The molecular formula is C27H21Cl2N3O5. The van der Waals surface area contributed by atoms with Gasteiger partial charge in [-0.05, 0) is 73.2 Å². The van der Waals surface area contributed by atoms with Crippen LogP contribution in [0.2, 0.25) is 5.02 Å². The molecular weight excluding hydrogens is 517 g/mol. The summed E-state index contributed by atoms with van der Waals surface area (Å²) in [5.41, 5.74) is 1.83. The molecule has 8 nitrogen and oxygen atoms in total. The van der Waals surface area contributed by atoms with E-state index < -0.39 is 17.8 Å². The van der Waals surface area contributed by atoms with Crippen molar-refractivity contribution in [1.82, 2.24) is 0 Å². The third-order valence-electron chi connectivity index (χ3n) is 5.32. The van der Waals surface area contributed by atoms with Crippen molar-refractivity contribution in [2.45, 2.75) is 13.3 Å². The van der Waals surface area contributed by atoms with Crippen LogP contribution in [0.5, 0.6) is 0 Å². The van der Waals surface area contributed by atoms with Crippen molar-refractivity contribution in [3.63, 3.8) is 0 Å². The zero-order valence-corrected chi connectivity index (χ0v) is 21.1. The van der Waals surface area contributed by atoms with Crippen LogP contribution in [0.1, 0.15) is 34.1 Å². The fourth-order valence-corrected chi connectivity index (χ4v) is 3.89. The molecule has 0 unspecified atom stereocenters. The summed E-state index contributed by atoms with van der Waals surface area (Å²) in [6.45, 7) is 2.18. The molecule has 10 heteroatoms. The van der Waals surface area contributed by atoms with Crippen LogP contribution in [-0.2, 0) is 14.3 Å². The number of hydrogen-bond donors (Lipinski definition) is 2. The molecule has 0 saturated carbocycles. The van der Waals surface area contributed by atoms with Gasteiger partial charge in [0, 0.05) is 22.0 Å². The summed E-state index contributed by atoms with van der Waals surface area (Å²) in [5, 5.41) is 5.83. The maximum absolute atomic E-state index is 13.0. The molecule has 0 radical (unpaired) electrons. The van der Waals surface area contributed by atoms with Gasteiger partial charge >= 0.3 is 5.97 Å². The standard InChI is InChI=1S/C27H21Cl2N3O5/c1-2-14-37-27(36)17-8-12-21(13-9-17)32-25(34)22(29)23(26(32)35)30-19-10-6-16(7-11-19)24(33)31-20-5-3-4-18(28)15-20/h3-13,15,30H,2,14H2,1H3,(H,31,33). The zero-order chi connectivity index (χ0) is 26.5. The molecule has 0 aliphatic carbocycles. The van der Waals surface area contributed by atoms with Crippen molar-refractivity contribution in [2.24, 2.45) is 0 Å². The Bertz CT molecular complexity index is 1400. The number of hydrogen-bond acceptors (Lipinski definition) is 6. The number of ether oxygens (including phenoxy) is 1. The molecule has 3 aromatic rings. The molecule has 2 N–H and O–H groups in total. The van der Waals surface area contributed by atoms with E-state index >= 15 is 0 Å². The number of imide groups is 1. The average molecular weight is 538 g/mol. The van der Waals surface area contributed by atoms with Gasteiger partial charge in [-0.2, -0.15) is 0 Å². The van der Waals surface area contributed by atoms with Gasteiger partial charge in [0.25, 0.3) is 17.7 Å². The van der Waals surface area contributed by atoms with Crippen molar-refractivity contribution < 1.29 is 23.9 Å². The molecule has 37 heavy (non-hydrogen) atoms. The van der Waals surface area contributed by atoms with E-state index in [0.717, 1.165) is 4.90 Å². The summed E-state index contributed by atoms with van der Waals surface area (Å²) in [4.78, 5) is 51.2. The molecule has 0 fully saturated rings. The van der Waals surface area contributed by atoms with Gasteiger partial charge < -0.3 is 15.4 Å². The number of nitrogens with one attached hydrogen (secondary N) is 2. The Kier molecular flexibility index (Phi) is 7.91. The number of nitrogens with zero attached hydrogens (tertiary/aromatic N) is 1. The molecule has 0 aromatic heterocycles. The molecule has 0 saturated heterocycles. The molecule has 0 atom stereocenters. The summed E-state index contributed by atoms with van der Waals surface area (Å²) in [5.74, 6) is -2.19. The number of amides is 3. The molecule has 188 valence electrons. The number of esters is 1. The Hall–Kier alpha value is -4.14. The Morgan fingerprint density at radius 1 is 0.865 bits per heavy atom. The summed E-state index contributed by atoms with van der Waals surface area (Å²) in [6.07, 6.45) is 0.694. The van der Waals surface area contributed by atoms with Gasteiger partial charge in [-0.25, -0.2) is 9.69 Å². The number of anilines is 3. The van der Waals surface area contributed by atoms with E-state index in [1.54, 1.807) is 48.5 Å². The summed E-state index contributed by atoms with van der Waals surface area (Å²) < 4.78 is 5.09. The second-order valence-corrected chi connectivity index (χ2v) is 8.80. The molecule has 4 rings (SSSR count). The van der Waals surface area contributed by atoms with E-state index in [1.807, 2.05) is 6.92 Å². The average Bonchev–Trinajstić information content (AvgIpc) is 3.10. The normalized spacial score (nSPS) is 13.1. The predicted octanol–water partition coefficient (Wildman–Crippen LogP) is 5.59. The first-order valence-corrected chi connectivity index (χ1v) is 12.0. The van der Waals surface area contributed by atoms with Crippen molar-refractivity contribution in [1.29, 1.82) is 0 Å². The summed E-state index contributed by atoms with van der Waals surface area (Å²) >= 11 is 12.1. The monoisotopic (exact) mass is 537 g/mol. The lowest BCUT2D eigenvalue weighted by atomic mass is 10.2. The topological polar surface area (TPSA) is 105 Å². The van der Waals surface area contributed by atoms with Gasteiger partial charge in [-0.1, -0.05) is 36.2 Å². The third-order valence-corrected chi connectivity index (χ3v) is 5.91. The van der Waals surface area contributed by atoms with Crippen LogP contribution in [0, 0.1) is 0 Å². The lowest BCUT2D eigenvalue weighted by Gasteiger charge is -2.15. The van der Waals surface area contributed by atoms with E-state index in [4.69, 9.17) is 27.9 Å². The summed E-state index contributed by atoms with van der Waals surface area (Å²) in [6, 6.07) is 19.0. The molecule has 1 aliphatic heterocycles. The van der Waals surface area contributed by atoms with E-state index in [1.165, 1.54) is 24.3 Å². The van der Waals surface area contributed by atoms with Gasteiger partial charge in [0.2, 0.25) is 0 Å². The fraction of sp³-hybridized carbons (Fsp3) is 0.111. The van der Waals surface area contributed by atoms with Crippen LogP contribution >= 0.6 is 23.2 Å². The van der Waals surface area contributed by atoms with Crippen LogP contribution in [0.25, 0.3) is 0 Å². The second kappa shape index (κ2) is 11.3. The van der Waals surface area contributed by atoms with E-state index in [0.29, 0.717) is 40.6 Å². The van der Waals surface area contributed by atoms with Gasteiger partial charge in [0.1, 0.15) is 10.7 Å². The number of rotatable bonds is 8. The summed E-state index contributed by atoms with van der Waals surface area (Å²) in [7, 11) is 0. The minimum atomic E-state index is -0.701. The SMILES string of the molecule is CCCOC(=O)c1ccc(N2C(=O)C(Cl)=C(Nc3ccc(C(=O)Nc4cccc(Cl)c4)cc3)C2=O)cc1. The van der Waals surface area contributed by atoms with E-state index in [-0.39, 0.29) is 22.3 Å². The van der Waals surface area contributed by atoms with E-state index in [9.17, 15) is 19.2 Å². The quantitative estimate of drug-likeness (QED) is 0.286. The fourth-order valence-electron chi connectivity index (χ4n) is 3.49. The van der Waals surface area contributed by atoms with Gasteiger partial charge in [0.05, 0.1) is 17.9 Å². The van der Waals surface area contributed by atoms with Crippen molar-refractivity contribution in [2.75, 3.05) is 22.1 Å². The third kappa shape index (κ3) is 5.82. The molecule has 0 spiro atoms. The maximum Gasteiger partial charge on any atom is 0.338 e. The van der Waals surface area contributed by atoms with Crippen molar-refractivity contribution >= 4 is 64.0 Å². The molecule has 1 heterocycles. The van der Waals surface area contributed by atoms with Crippen molar-refractivity contribution in [3.8, 4) is 0 Å². The van der Waals surface area contributed by atoms with Gasteiger partial charge in [-0.15, -0.1) is 0 Å². The van der Waals surface area contributed by atoms with Crippen LogP contribution in [-0.4, -0.2) is 30.3 Å². The minimum Gasteiger partial charge on any atom is -0.462 e. The minimum absolute atomic E-state index is 0.103. The maximum atomic E-state index is 13.0. The Morgan fingerprint density at radius 2 is 1.54 bits per heavy atom. The smallest absolute Gasteiger partial charge is 0.338 e.